The normalized spacial score (nSPS) is 16.4. The van der Waals surface area contributed by atoms with Crippen LogP contribution in [-0.4, -0.2) is 0 Å². The molecule has 3 rings (SSSR count). The molecule has 8 nitrogen and oxygen atoms in total. The molecule has 0 aromatic heterocycles. The van der Waals surface area contributed by atoms with E-state index in [1.165, 1.54) is 30.3 Å². The van der Waals surface area contributed by atoms with Gasteiger partial charge in [-0.25, -0.2) is 25.1 Å². The minimum Gasteiger partial charge on any atom is -0.237 e. The summed E-state index contributed by atoms with van der Waals surface area (Å²) in [6.07, 6.45) is -11.3. The highest BCUT2D eigenvalue weighted by Gasteiger charge is 2.53. The van der Waals surface area contributed by atoms with Crippen molar-refractivity contribution in [3.8, 4) is 30.3 Å². The number of hydrogen-bond acceptors (Lipinski definition) is 5. The number of halogens is 6. The van der Waals surface area contributed by atoms with Crippen molar-refractivity contribution in [3.05, 3.63) is 90.3 Å². The third kappa shape index (κ3) is 3.33. The lowest BCUT2D eigenvalue weighted by molar-refractivity contribution is -0.141. The van der Waals surface area contributed by atoms with E-state index in [2.05, 4.69) is 14.5 Å². The Bertz CT molecular complexity index is 1690. The van der Waals surface area contributed by atoms with Crippen molar-refractivity contribution in [3.63, 3.8) is 0 Å². The minimum atomic E-state index is -5.66. The molecular weight excluding hydrogens is 514 g/mol. The number of hydrogen-bond donors (Lipinski definition) is 0. The summed E-state index contributed by atoms with van der Waals surface area (Å²) >= 11 is 0. The van der Waals surface area contributed by atoms with Crippen LogP contribution in [-0.2, 0) is 12.4 Å². The van der Waals surface area contributed by atoms with E-state index in [-0.39, 0.29) is 0 Å². The van der Waals surface area contributed by atoms with E-state index in [1.807, 2.05) is 0 Å². The molecule has 0 fully saturated rings. The molecule has 14 heteroatoms. The zero-order valence-electron chi connectivity index (χ0n) is 17.8. The molecule has 0 bridgehead atoms. The molecule has 0 heterocycles. The maximum atomic E-state index is 14.7. The summed E-state index contributed by atoms with van der Waals surface area (Å²) in [6, 6.07) is 6.13. The van der Waals surface area contributed by atoms with Gasteiger partial charge < -0.3 is 0 Å². The number of alkyl halides is 6. The number of fused-ring (bicyclic) bond motifs is 2. The van der Waals surface area contributed by atoms with Crippen LogP contribution in [0.1, 0.15) is 33.4 Å². The lowest BCUT2D eigenvalue weighted by atomic mass is 9.82. The first-order valence-electron chi connectivity index (χ1n) is 9.34. The molecule has 0 aliphatic heterocycles. The zero-order chi connectivity index (χ0) is 28.7. The first kappa shape index (κ1) is 26.3. The van der Waals surface area contributed by atoms with Gasteiger partial charge in [0, 0.05) is 22.3 Å². The van der Waals surface area contributed by atoms with E-state index < -0.39 is 90.7 Å². The fraction of sp³-hybridized carbons (Fsp3) is 0.0833. The molecule has 0 unspecified atom stereocenters. The monoisotopic (exact) mass is 514 g/mol. The van der Waals surface area contributed by atoms with Gasteiger partial charge in [-0.15, -0.1) is 0 Å². The Labute approximate surface area is 208 Å². The molecular formula is C24F6N8. The summed E-state index contributed by atoms with van der Waals surface area (Å²) in [5.74, 6) is 0. The van der Waals surface area contributed by atoms with Gasteiger partial charge in [0.05, 0.1) is 71.8 Å². The van der Waals surface area contributed by atoms with Gasteiger partial charge >= 0.3 is 12.4 Å². The number of allylic oxidation sites excluding steroid dienone is 7. The van der Waals surface area contributed by atoms with Crippen LogP contribution in [0.3, 0.4) is 0 Å². The first-order valence-corrected chi connectivity index (χ1v) is 9.34. The smallest absolute Gasteiger partial charge is 0.237 e. The topological polar surface area (TPSA) is 132 Å². The predicted octanol–water partition coefficient (Wildman–Crippen LogP) is 6.01. The van der Waals surface area contributed by atoms with Crippen LogP contribution in [0, 0.1) is 76.4 Å². The summed E-state index contributed by atoms with van der Waals surface area (Å²) in [7, 11) is 0. The molecule has 1 aromatic rings. The van der Waals surface area contributed by atoms with Crippen molar-refractivity contribution in [1.82, 2.24) is 0 Å². The van der Waals surface area contributed by atoms with Crippen molar-refractivity contribution in [1.29, 1.82) is 26.3 Å². The van der Waals surface area contributed by atoms with Gasteiger partial charge in [0.1, 0.15) is 6.07 Å². The Morgan fingerprint density at radius 3 is 1.32 bits per heavy atom. The van der Waals surface area contributed by atoms with Gasteiger partial charge in [-0.1, -0.05) is 0 Å². The largest absolute Gasteiger partial charge is 0.417 e. The predicted molar refractivity (Wildman–Crippen MR) is 112 cm³/mol. The van der Waals surface area contributed by atoms with Crippen LogP contribution >= 0.6 is 0 Å². The van der Waals surface area contributed by atoms with Crippen LogP contribution in [0.25, 0.3) is 36.8 Å². The number of nitrogens with zero attached hydrogens (tertiary/aromatic N) is 8. The molecule has 0 saturated heterocycles. The summed E-state index contributed by atoms with van der Waals surface area (Å²) < 4.78 is 88.0. The zero-order valence-corrected chi connectivity index (χ0v) is 17.8. The van der Waals surface area contributed by atoms with Gasteiger partial charge in [-0.2, -0.15) is 42.1 Å². The van der Waals surface area contributed by atoms with Gasteiger partial charge in [0.2, 0.25) is 5.70 Å². The standard InChI is InChI=1S/C24F6N8/c1-36-12(7-34)14-9(4-31)10(5-32)15-18(14)21(24(28,29)30)16-11(6-33)22(38-3)17(13(8-35)37-2)19(16)20(15)23(25,26)27/b14-12-,17-13-. The van der Waals surface area contributed by atoms with Crippen LogP contribution in [0.4, 0.5) is 26.3 Å². The second kappa shape index (κ2) is 8.72. The fourth-order valence-corrected chi connectivity index (χ4v) is 4.24. The highest BCUT2D eigenvalue weighted by atomic mass is 19.4. The molecule has 0 N–H and O–H groups in total. The van der Waals surface area contributed by atoms with E-state index in [1.54, 1.807) is 0 Å². The average Bonchev–Trinajstić information content (AvgIpc) is 3.34. The van der Waals surface area contributed by atoms with E-state index in [4.69, 9.17) is 19.7 Å². The Hall–Kier alpha value is -6.32. The molecule has 0 amide bonds. The van der Waals surface area contributed by atoms with Crippen molar-refractivity contribution in [2.24, 2.45) is 0 Å². The molecule has 2 aliphatic rings. The average molecular weight is 514 g/mol. The van der Waals surface area contributed by atoms with Crippen molar-refractivity contribution < 1.29 is 26.3 Å². The number of benzene rings is 1. The van der Waals surface area contributed by atoms with E-state index in [0.29, 0.717) is 0 Å². The second-order valence-electron chi connectivity index (χ2n) is 7.06. The molecule has 0 spiro atoms. The SMILES string of the molecule is [C-]#[N+]C1=C(C#N)c2c(c(C(F)(F)F)c3c(c2C(F)(F)F)/C(=C(/C#N)[N+]#[C-])C(C#N)=C3C#N)/C1=C(\C#N)[N+]#[C-]. The van der Waals surface area contributed by atoms with Gasteiger partial charge in [0.15, 0.2) is 0 Å². The van der Waals surface area contributed by atoms with E-state index >= 15 is 0 Å². The molecule has 1 aromatic carbocycles. The van der Waals surface area contributed by atoms with E-state index in [9.17, 15) is 52.7 Å². The molecule has 2 aliphatic carbocycles. The summed E-state index contributed by atoms with van der Waals surface area (Å²) in [5.41, 5.74) is -19.9. The van der Waals surface area contributed by atoms with Crippen LogP contribution in [0.2, 0.25) is 0 Å². The maximum absolute atomic E-state index is 14.7. The Morgan fingerprint density at radius 2 is 0.974 bits per heavy atom. The summed E-state index contributed by atoms with van der Waals surface area (Å²) in [5, 5.41) is 47.5. The summed E-state index contributed by atoms with van der Waals surface area (Å²) in [4.78, 5) is 8.26. The fourth-order valence-electron chi connectivity index (χ4n) is 4.24. The van der Waals surface area contributed by atoms with Gasteiger partial charge in [-0.3, -0.25) is 0 Å². The molecule has 0 saturated carbocycles. The molecule has 178 valence electrons. The van der Waals surface area contributed by atoms with Gasteiger partial charge in [-0.05, 0) is 11.1 Å². The van der Waals surface area contributed by atoms with Crippen LogP contribution in [0.15, 0.2) is 22.7 Å². The van der Waals surface area contributed by atoms with Crippen molar-refractivity contribution in [2.45, 2.75) is 12.4 Å². The minimum absolute atomic E-state index is 1.13. The van der Waals surface area contributed by atoms with Crippen molar-refractivity contribution >= 4 is 22.3 Å². The highest BCUT2D eigenvalue weighted by Crippen LogP contribution is 2.60. The Morgan fingerprint density at radius 1 is 0.579 bits per heavy atom. The second-order valence-corrected chi connectivity index (χ2v) is 7.06. The first-order chi connectivity index (χ1) is 17.8. The Balaban J connectivity index is 3.03. The lowest BCUT2D eigenvalue weighted by Gasteiger charge is -2.24. The van der Waals surface area contributed by atoms with Crippen LogP contribution < -0.4 is 0 Å². The van der Waals surface area contributed by atoms with Crippen LogP contribution in [0.5, 0.6) is 0 Å². The van der Waals surface area contributed by atoms with E-state index in [0.717, 1.165) is 0 Å². The third-order valence-electron chi connectivity index (χ3n) is 5.40. The highest BCUT2D eigenvalue weighted by molar-refractivity contribution is 6.16. The number of rotatable bonds is 0. The molecule has 0 atom stereocenters. The quantitative estimate of drug-likeness (QED) is 0.237. The summed E-state index contributed by atoms with van der Waals surface area (Å²) in [6.45, 7) is 21.6. The number of nitriles is 5. The van der Waals surface area contributed by atoms with Gasteiger partial charge in [0.25, 0.3) is 11.4 Å². The molecule has 0 radical (unpaired) electrons. The molecule has 38 heavy (non-hydrogen) atoms. The Kier molecular flexibility index (Phi) is 6.03. The van der Waals surface area contributed by atoms with Crippen molar-refractivity contribution in [2.75, 3.05) is 0 Å². The maximum Gasteiger partial charge on any atom is 0.417 e. The lowest BCUT2D eigenvalue weighted by Crippen LogP contribution is -2.20. The third-order valence-corrected chi connectivity index (χ3v) is 5.40.